The molecular formula is C11H17N3O3. The molecule has 0 atom stereocenters. The van der Waals surface area contributed by atoms with Crippen LogP contribution in [-0.2, 0) is 16.1 Å². The van der Waals surface area contributed by atoms with Gasteiger partial charge >= 0.3 is 5.97 Å². The van der Waals surface area contributed by atoms with E-state index >= 15 is 0 Å². The van der Waals surface area contributed by atoms with Crippen molar-refractivity contribution in [3.8, 4) is 0 Å². The molecule has 1 aromatic heterocycles. The first kappa shape index (κ1) is 13.2. The number of carboxylic acids is 1. The third-order valence-electron chi connectivity index (χ3n) is 2.31. The van der Waals surface area contributed by atoms with Gasteiger partial charge in [-0.2, -0.15) is 5.10 Å². The van der Waals surface area contributed by atoms with Crippen LogP contribution in [0, 0.1) is 0 Å². The molecule has 0 saturated carbocycles. The topological polar surface area (TPSA) is 84.2 Å². The lowest BCUT2D eigenvalue weighted by Crippen LogP contribution is -2.45. The Bertz CT molecular complexity index is 385. The Hall–Kier alpha value is -1.85. The number of hydrogen-bond donors (Lipinski definition) is 2. The fourth-order valence-corrected chi connectivity index (χ4v) is 1.44. The Morgan fingerprint density at radius 2 is 2.18 bits per heavy atom. The second kappa shape index (κ2) is 5.47. The van der Waals surface area contributed by atoms with Gasteiger partial charge in [-0.05, 0) is 26.3 Å². The molecule has 0 aliphatic rings. The van der Waals surface area contributed by atoms with Crippen molar-refractivity contribution in [2.24, 2.45) is 0 Å². The van der Waals surface area contributed by atoms with Gasteiger partial charge in [-0.3, -0.25) is 14.3 Å². The summed E-state index contributed by atoms with van der Waals surface area (Å²) in [5.74, 6) is -1.04. The van der Waals surface area contributed by atoms with Crippen LogP contribution in [0.1, 0.15) is 26.7 Å². The Morgan fingerprint density at radius 3 is 2.71 bits per heavy atom. The summed E-state index contributed by atoms with van der Waals surface area (Å²) in [5.41, 5.74) is -0.525. The van der Waals surface area contributed by atoms with Gasteiger partial charge in [0.2, 0.25) is 5.91 Å². The van der Waals surface area contributed by atoms with E-state index < -0.39 is 11.5 Å². The molecule has 1 aromatic rings. The lowest BCUT2D eigenvalue weighted by molar-refractivity contribution is -0.137. The van der Waals surface area contributed by atoms with Crippen LogP contribution < -0.4 is 5.32 Å². The molecule has 1 heterocycles. The van der Waals surface area contributed by atoms with Gasteiger partial charge in [-0.1, -0.05) is 0 Å². The number of carbonyl (C=O) groups excluding carboxylic acids is 1. The van der Waals surface area contributed by atoms with E-state index in [1.54, 1.807) is 32.3 Å². The van der Waals surface area contributed by atoms with E-state index in [1.807, 2.05) is 0 Å². The number of carbonyl (C=O) groups is 2. The minimum Gasteiger partial charge on any atom is -0.481 e. The molecule has 94 valence electrons. The number of aliphatic carboxylic acids is 1. The first-order chi connectivity index (χ1) is 7.89. The zero-order valence-corrected chi connectivity index (χ0v) is 10.0. The molecule has 0 fully saturated rings. The minimum absolute atomic E-state index is 0.0368. The van der Waals surface area contributed by atoms with Crippen molar-refractivity contribution < 1.29 is 14.7 Å². The van der Waals surface area contributed by atoms with Crippen molar-refractivity contribution in [2.75, 3.05) is 0 Å². The molecule has 0 bridgehead atoms. The lowest BCUT2D eigenvalue weighted by Gasteiger charge is -2.25. The van der Waals surface area contributed by atoms with Gasteiger partial charge in [0.15, 0.2) is 0 Å². The van der Waals surface area contributed by atoms with Crippen LogP contribution in [0.25, 0.3) is 0 Å². The zero-order chi connectivity index (χ0) is 12.9. The zero-order valence-electron chi connectivity index (χ0n) is 10.0. The lowest BCUT2D eigenvalue weighted by atomic mass is 9.98. The van der Waals surface area contributed by atoms with E-state index in [1.165, 1.54) is 4.68 Å². The largest absolute Gasteiger partial charge is 0.481 e. The maximum Gasteiger partial charge on any atom is 0.303 e. The average molecular weight is 239 g/mol. The first-order valence-corrected chi connectivity index (χ1v) is 5.39. The smallest absolute Gasteiger partial charge is 0.303 e. The average Bonchev–Trinajstić information content (AvgIpc) is 2.66. The van der Waals surface area contributed by atoms with Crippen molar-refractivity contribution in [3.05, 3.63) is 18.5 Å². The SMILES string of the molecule is CC(C)(CCC(=O)O)NC(=O)Cn1cccn1. The van der Waals surface area contributed by atoms with Crippen molar-refractivity contribution in [1.82, 2.24) is 15.1 Å². The fourth-order valence-electron chi connectivity index (χ4n) is 1.44. The molecular weight excluding hydrogens is 222 g/mol. The predicted molar refractivity (Wildman–Crippen MR) is 61.3 cm³/mol. The highest BCUT2D eigenvalue weighted by molar-refractivity contribution is 5.76. The first-order valence-electron chi connectivity index (χ1n) is 5.39. The number of nitrogens with one attached hydrogen (secondary N) is 1. The van der Waals surface area contributed by atoms with Gasteiger partial charge < -0.3 is 10.4 Å². The van der Waals surface area contributed by atoms with E-state index in [4.69, 9.17) is 5.11 Å². The molecule has 0 unspecified atom stereocenters. The number of amides is 1. The standard InChI is InChI=1S/C11H17N3O3/c1-11(2,5-4-10(16)17)13-9(15)8-14-7-3-6-12-14/h3,6-7H,4-5,8H2,1-2H3,(H,13,15)(H,16,17). The highest BCUT2D eigenvalue weighted by Gasteiger charge is 2.21. The van der Waals surface area contributed by atoms with E-state index in [9.17, 15) is 9.59 Å². The van der Waals surface area contributed by atoms with Crippen LogP contribution in [0.4, 0.5) is 0 Å². The Labute approximate surface area is 99.6 Å². The second-order valence-electron chi connectivity index (χ2n) is 4.53. The molecule has 0 spiro atoms. The van der Waals surface area contributed by atoms with Crippen LogP contribution in [0.15, 0.2) is 18.5 Å². The van der Waals surface area contributed by atoms with Crippen molar-refractivity contribution in [1.29, 1.82) is 0 Å². The highest BCUT2D eigenvalue weighted by atomic mass is 16.4. The quantitative estimate of drug-likeness (QED) is 0.763. The third kappa shape index (κ3) is 5.14. The van der Waals surface area contributed by atoms with Gasteiger partial charge in [0.25, 0.3) is 0 Å². The van der Waals surface area contributed by atoms with Gasteiger partial charge in [-0.15, -0.1) is 0 Å². The third-order valence-corrected chi connectivity index (χ3v) is 2.31. The van der Waals surface area contributed by atoms with E-state index in [0.717, 1.165) is 0 Å². The normalized spacial score (nSPS) is 11.2. The monoisotopic (exact) mass is 239 g/mol. The molecule has 0 aliphatic heterocycles. The van der Waals surface area contributed by atoms with Crippen LogP contribution in [0.2, 0.25) is 0 Å². The van der Waals surface area contributed by atoms with Crippen LogP contribution >= 0.6 is 0 Å². The molecule has 0 saturated heterocycles. The Morgan fingerprint density at radius 1 is 1.47 bits per heavy atom. The number of rotatable bonds is 6. The van der Waals surface area contributed by atoms with Gasteiger partial charge in [0.1, 0.15) is 6.54 Å². The van der Waals surface area contributed by atoms with Gasteiger partial charge in [0.05, 0.1) is 0 Å². The summed E-state index contributed by atoms with van der Waals surface area (Å²) in [6.07, 6.45) is 3.73. The molecule has 2 N–H and O–H groups in total. The van der Waals surface area contributed by atoms with Crippen LogP contribution in [0.5, 0.6) is 0 Å². The van der Waals surface area contributed by atoms with Gasteiger partial charge in [0, 0.05) is 24.4 Å². The molecule has 17 heavy (non-hydrogen) atoms. The molecule has 1 amide bonds. The van der Waals surface area contributed by atoms with Gasteiger partial charge in [-0.25, -0.2) is 0 Å². The summed E-state index contributed by atoms with van der Waals surface area (Å²) in [6.45, 7) is 3.75. The molecule has 0 aliphatic carbocycles. The van der Waals surface area contributed by atoms with E-state index in [0.29, 0.717) is 6.42 Å². The number of nitrogens with zero attached hydrogens (tertiary/aromatic N) is 2. The predicted octanol–water partition coefficient (Wildman–Crippen LogP) is 0.643. The second-order valence-corrected chi connectivity index (χ2v) is 4.53. The Balaban J connectivity index is 2.41. The van der Waals surface area contributed by atoms with E-state index in [2.05, 4.69) is 10.4 Å². The van der Waals surface area contributed by atoms with Crippen LogP contribution in [-0.4, -0.2) is 32.3 Å². The minimum atomic E-state index is -0.862. The molecule has 1 rings (SSSR count). The van der Waals surface area contributed by atoms with Crippen molar-refractivity contribution >= 4 is 11.9 Å². The maximum absolute atomic E-state index is 11.7. The molecule has 6 nitrogen and oxygen atoms in total. The number of hydrogen-bond acceptors (Lipinski definition) is 3. The highest BCUT2D eigenvalue weighted by Crippen LogP contribution is 2.11. The summed E-state index contributed by atoms with van der Waals surface area (Å²) in [6, 6.07) is 1.74. The number of carboxylic acid groups (broad SMARTS) is 1. The Kier molecular flexibility index (Phi) is 4.25. The summed E-state index contributed by atoms with van der Waals surface area (Å²) < 4.78 is 1.52. The van der Waals surface area contributed by atoms with Crippen molar-refractivity contribution in [2.45, 2.75) is 38.8 Å². The molecule has 6 heteroatoms. The molecule has 0 aromatic carbocycles. The fraction of sp³-hybridized carbons (Fsp3) is 0.545. The number of aromatic nitrogens is 2. The van der Waals surface area contributed by atoms with Crippen LogP contribution in [0.3, 0.4) is 0 Å². The molecule has 0 radical (unpaired) electrons. The summed E-state index contributed by atoms with van der Waals surface area (Å²) in [5, 5.41) is 15.3. The summed E-state index contributed by atoms with van der Waals surface area (Å²) in [7, 11) is 0. The van der Waals surface area contributed by atoms with E-state index in [-0.39, 0.29) is 18.9 Å². The van der Waals surface area contributed by atoms with Crippen molar-refractivity contribution in [3.63, 3.8) is 0 Å². The summed E-state index contributed by atoms with van der Waals surface area (Å²) in [4.78, 5) is 22.1. The maximum atomic E-state index is 11.7. The summed E-state index contributed by atoms with van der Waals surface area (Å²) >= 11 is 0.